The number of ether oxygens (including phenoxy) is 2. The molecule has 1 rings (SSSR count). The molecular weight excluding hydrogens is 313 g/mol. The van der Waals surface area contributed by atoms with Crippen molar-refractivity contribution in [3.63, 3.8) is 0 Å². The van der Waals surface area contributed by atoms with Crippen LogP contribution in [-0.4, -0.2) is 39.2 Å². The number of hydrogen-bond acceptors (Lipinski definition) is 8. The first-order chi connectivity index (χ1) is 10.5. The summed E-state index contributed by atoms with van der Waals surface area (Å²) in [5.41, 5.74) is 0.733. The van der Waals surface area contributed by atoms with Crippen molar-refractivity contribution in [3.8, 4) is 0 Å². The van der Waals surface area contributed by atoms with Crippen molar-refractivity contribution >= 4 is 19.7 Å². The van der Waals surface area contributed by atoms with E-state index in [0.29, 0.717) is 0 Å². The molecule has 0 saturated carbocycles. The van der Waals surface area contributed by atoms with Crippen molar-refractivity contribution < 1.29 is 32.7 Å². The predicted molar refractivity (Wildman–Crippen MR) is 77.2 cm³/mol. The topological polar surface area (TPSA) is 100 Å². The lowest BCUT2D eigenvalue weighted by molar-refractivity contribution is -0.140. The fraction of sp³-hybridized carbons (Fsp3) is 0.385. The number of esters is 1. The highest BCUT2D eigenvalue weighted by Crippen LogP contribution is 2.50. The highest BCUT2D eigenvalue weighted by Gasteiger charge is 2.41. The van der Waals surface area contributed by atoms with E-state index in [1.807, 2.05) is 6.07 Å². The van der Waals surface area contributed by atoms with Crippen molar-refractivity contribution in [2.45, 2.75) is 12.4 Å². The Balaban J connectivity index is 2.59. The Labute approximate surface area is 128 Å². The average molecular weight is 331 g/mol. The Bertz CT molecular complexity index is 541. The summed E-state index contributed by atoms with van der Waals surface area (Å²) in [4.78, 5) is 23.3. The summed E-state index contributed by atoms with van der Waals surface area (Å²) in [5.74, 6) is -2.56. The van der Waals surface area contributed by atoms with Gasteiger partial charge in [-0.15, -0.1) is 0 Å². The minimum Gasteiger partial charge on any atom is -0.429 e. The monoisotopic (exact) mass is 331 g/mol. The average Bonchev–Trinajstić information content (AvgIpc) is 2.54. The normalized spacial score (nSPS) is 12.5. The molecule has 22 heavy (non-hydrogen) atoms. The molecule has 0 bridgehead atoms. The maximum absolute atomic E-state index is 12.1. The molecule has 0 aliphatic carbocycles. The smallest absolute Gasteiger partial charge is 0.429 e. The minimum absolute atomic E-state index is 0.0522. The maximum Gasteiger partial charge on any atom is 0.516 e. The van der Waals surface area contributed by atoms with Gasteiger partial charge in [-0.3, -0.25) is 9.88 Å². The lowest BCUT2D eigenvalue weighted by Gasteiger charge is -2.21. The van der Waals surface area contributed by atoms with Gasteiger partial charge in [0.25, 0.3) is 0 Å². The second-order valence-corrected chi connectivity index (χ2v) is 6.37. The van der Waals surface area contributed by atoms with Crippen LogP contribution >= 0.6 is 7.60 Å². The molecule has 8 nitrogen and oxygen atoms in total. The summed E-state index contributed by atoms with van der Waals surface area (Å²) in [6.45, 7) is -0.0522. The van der Waals surface area contributed by atoms with Crippen LogP contribution in [0.3, 0.4) is 0 Å². The van der Waals surface area contributed by atoms with Gasteiger partial charge >= 0.3 is 19.7 Å². The molecule has 0 aromatic heterocycles. The number of rotatable bonds is 7. The number of carbonyl (C=O) groups excluding carboxylic acids is 2. The van der Waals surface area contributed by atoms with E-state index >= 15 is 0 Å². The predicted octanol–water partition coefficient (Wildman–Crippen LogP) is 1.90. The molecule has 1 N–H and O–H groups in total. The van der Waals surface area contributed by atoms with E-state index in [2.05, 4.69) is 19.1 Å². The molecule has 0 aliphatic heterocycles. The van der Waals surface area contributed by atoms with Crippen molar-refractivity contribution in [1.82, 2.24) is 5.32 Å². The lowest BCUT2D eigenvalue weighted by Crippen LogP contribution is -2.37. The summed E-state index contributed by atoms with van der Waals surface area (Å²) >= 11 is 0. The first-order valence-electron chi connectivity index (χ1n) is 6.27. The van der Waals surface area contributed by atoms with Crippen molar-refractivity contribution in [2.24, 2.45) is 0 Å². The van der Waals surface area contributed by atoms with Crippen LogP contribution in [0.1, 0.15) is 5.56 Å². The number of carbonyl (C=O) groups is 2. The standard InChI is InChI=1S/C13H18NO7P/c1-14-11(22(17,18-2)19-3)12(15)21-13(16)20-9-10-7-5-4-6-8-10/h4-8,11,14H,9H2,1-3H3. The van der Waals surface area contributed by atoms with Gasteiger partial charge in [0.1, 0.15) is 6.61 Å². The third-order valence-electron chi connectivity index (χ3n) is 2.71. The van der Waals surface area contributed by atoms with Gasteiger partial charge < -0.3 is 18.5 Å². The van der Waals surface area contributed by atoms with E-state index in [-0.39, 0.29) is 6.61 Å². The van der Waals surface area contributed by atoms with Gasteiger partial charge in [0.2, 0.25) is 5.78 Å². The van der Waals surface area contributed by atoms with Crippen LogP contribution in [0, 0.1) is 0 Å². The highest BCUT2D eigenvalue weighted by molar-refractivity contribution is 7.55. The summed E-state index contributed by atoms with van der Waals surface area (Å²) in [7, 11) is -0.180. The molecule has 9 heteroatoms. The lowest BCUT2D eigenvalue weighted by atomic mass is 10.2. The van der Waals surface area contributed by atoms with Crippen LogP contribution in [0.2, 0.25) is 0 Å². The first-order valence-corrected chi connectivity index (χ1v) is 7.89. The summed E-state index contributed by atoms with van der Waals surface area (Å²) in [6.07, 6.45) is -1.20. The Morgan fingerprint density at radius 3 is 2.27 bits per heavy atom. The fourth-order valence-electron chi connectivity index (χ4n) is 1.57. The van der Waals surface area contributed by atoms with E-state index in [9.17, 15) is 14.2 Å². The van der Waals surface area contributed by atoms with E-state index in [1.165, 1.54) is 7.05 Å². The second kappa shape index (κ2) is 8.65. The molecule has 0 radical (unpaired) electrons. The van der Waals surface area contributed by atoms with Crippen LogP contribution in [-0.2, 0) is 34.5 Å². The summed E-state index contributed by atoms with van der Waals surface area (Å²) in [6, 6.07) is 8.86. The van der Waals surface area contributed by atoms with E-state index in [4.69, 9.17) is 4.74 Å². The molecule has 1 atom stereocenters. The van der Waals surface area contributed by atoms with E-state index in [1.54, 1.807) is 24.3 Å². The van der Waals surface area contributed by atoms with Gasteiger partial charge in [-0.05, 0) is 12.6 Å². The largest absolute Gasteiger partial charge is 0.516 e. The molecule has 1 unspecified atom stereocenters. The van der Waals surface area contributed by atoms with Gasteiger partial charge in [-0.2, -0.15) is 0 Å². The number of benzene rings is 1. The van der Waals surface area contributed by atoms with Crippen LogP contribution < -0.4 is 5.32 Å². The Kier molecular flexibility index (Phi) is 7.20. The number of nitrogens with one attached hydrogen (secondary N) is 1. The van der Waals surface area contributed by atoms with E-state index < -0.39 is 25.5 Å². The zero-order valence-corrected chi connectivity index (χ0v) is 13.4. The molecule has 0 saturated heterocycles. The molecular formula is C13H18NO7P. The van der Waals surface area contributed by atoms with Crippen LogP contribution in [0.5, 0.6) is 0 Å². The van der Waals surface area contributed by atoms with Crippen LogP contribution in [0.15, 0.2) is 30.3 Å². The zero-order valence-electron chi connectivity index (χ0n) is 12.5. The third-order valence-corrected chi connectivity index (χ3v) is 4.82. The molecule has 0 fully saturated rings. The van der Waals surface area contributed by atoms with Gasteiger partial charge in [0, 0.05) is 14.2 Å². The van der Waals surface area contributed by atoms with Crippen molar-refractivity contribution in [1.29, 1.82) is 0 Å². The Hall–Kier alpha value is -1.73. The maximum atomic E-state index is 12.1. The van der Waals surface area contributed by atoms with Gasteiger partial charge in [-0.1, -0.05) is 30.3 Å². The molecule has 0 amide bonds. The molecule has 0 heterocycles. The molecule has 1 aromatic rings. The zero-order chi connectivity index (χ0) is 16.6. The van der Waals surface area contributed by atoms with Gasteiger partial charge in [-0.25, -0.2) is 9.59 Å². The third kappa shape index (κ3) is 4.92. The van der Waals surface area contributed by atoms with E-state index in [0.717, 1.165) is 19.8 Å². The Morgan fingerprint density at radius 2 is 1.77 bits per heavy atom. The number of hydrogen-bond donors (Lipinski definition) is 1. The second-order valence-electron chi connectivity index (χ2n) is 4.04. The minimum atomic E-state index is -3.77. The molecule has 0 spiro atoms. The first kappa shape index (κ1) is 18.3. The molecule has 122 valence electrons. The number of likely N-dealkylation sites (N-methyl/N-ethyl adjacent to an activating group) is 1. The van der Waals surface area contributed by atoms with Gasteiger partial charge in [0.05, 0.1) is 0 Å². The van der Waals surface area contributed by atoms with Crippen molar-refractivity contribution in [2.75, 3.05) is 21.3 Å². The molecule has 1 aromatic carbocycles. The fourth-order valence-corrected chi connectivity index (χ4v) is 2.77. The van der Waals surface area contributed by atoms with Crippen LogP contribution in [0.4, 0.5) is 4.79 Å². The Morgan fingerprint density at radius 1 is 1.18 bits per heavy atom. The van der Waals surface area contributed by atoms with Gasteiger partial charge in [0.15, 0.2) is 0 Å². The van der Waals surface area contributed by atoms with Crippen LogP contribution in [0.25, 0.3) is 0 Å². The van der Waals surface area contributed by atoms with Crippen molar-refractivity contribution in [3.05, 3.63) is 35.9 Å². The highest BCUT2D eigenvalue weighted by atomic mass is 31.2. The summed E-state index contributed by atoms with van der Waals surface area (Å²) < 4.78 is 30.8. The summed E-state index contributed by atoms with van der Waals surface area (Å²) in [5, 5.41) is 2.43. The molecule has 0 aliphatic rings. The quantitative estimate of drug-likeness (QED) is 0.459. The SMILES string of the molecule is CNC(C(=O)OC(=O)OCc1ccccc1)P(=O)(OC)OC.